The lowest BCUT2D eigenvalue weighted by atomic mass is 10.2. The minimum absolute atomic E-state index is 0.180. The first kappa shape index (κ1) is 18.2. The number of aryl methyl sites for hydroxylation is 1. The van der Waals surface area contributed by atoms with Gasteiger partial charge in [0, 0.05) is 50.7 Å². The van der Waals surface area contributed by atoms with Gasteiger partial charge in [-0.05, 0) is 26.8 Å². The molecule has 2 fully saturated rings. The average molecular weight is 347 g/mol. The summed E-state index contributed by atoms with van der Waals surface area (Å²) in [7, 11) is 0. The highest BCUT2D eigenvalue weighted by molar-refractivity contribution is 5.78. The predicted molar refractivity (Wildman–Crippen MR) is 95.2 cm³/mol. The molecule has 138 valence electrons. The number of nitrogens with zero attached hydrogens (tertiary/aromatic N) is 5. The summed E-state index contributed by atoms with van der Waals surface area (Å²) in [6.07, 6.45) is 1.52. The van der Waals surface area contributed by atoms with Gasteiger partial charge in [0.15, 0.2) is 5.82 Å². The second-order valence-electron chi connectivity index (χ2n) is 7.16. The second kappa shape index (κ2) is 8.21. The highest BCUT2D eigenvalue weighted by atomic mass is 16.5. The summed E-state index contributed by atoms with van der Waals surface area (Å²) in [5, 5.41) is 0. The molecule has 1 aromatic rings. The highest BCUT2D eigenvalue weighted by Gasteiger charge is 2.29. The highest BCUT2D eigenvalue weighted by Crippen LogP contribution is 2.19. The maximum Gasteiger partial charge on any atom is 0.236 e. The zero-order valence-corrected chi connectivity index (χ0v) is 15.5. The molecule has 1 aromatic heterocycles. The van der Waals surface area contributed by atoms with E-state index in [-0.39, 0.29) is 12.0 Å². The van der Waals surface area contributed by atoms with E-state index in [1.54, 1.807) is 6.20 Å². The van der Waals surface area contributed by atoms with Crippen molar-refractivity contribution < 1.29 is 9.53 Å². The lowest BCUT2D eigenvalue weighted by Crippen LogP contribution is -2.53. The molecule has 7 heteroatoms. The van der Waals surface area contributed by atoms with Crippen LogP contribution < -0.4 is 0 Å². The lowest BCUT2D eigenvalue weighted by molar-refractivity contribution is -0.141. The number of aromatic nitrogens is 2. The summed E-state index contributed by atoms with van der Waals surface area (Å²) in [4.78, 5) is 28.1. The van der Waals surface area contributed by atoms with E-state index in [1.807, 2.05) is 17.9 Å². The van der Waals surface area contributed by atoms with Crippen LogP contribution in [0.25, 0.3) is 0 Å². The first-order valence-corrected chi connectivity index (χ1v) is 9.18. The average Bonchev–Trinajstić information content (AvgIpc) is 2.62. The number of hydrogen-bond donors (Lipinski definition) is 0. The predicted octanol–water partition coefficient (Wildman–Crippen LogP) is 0.711. The third kappa shape index (κ3) is 4.74. The molecule has 7 nitrogen and oxygen atoms in total. The Hall–Kier alpha value is -1.57. The van der Waals surface area contributed by atoms with Gasteiger partial charge in [-0.15, -0.1) is 0 Å². The number of morpholine rings is 1. The molecule has 0 N–H and O–H groups in total. The number of hydrogen-bond acceptors (Lipinski definition) is 6. The molecule has 2 saturated heterocycles. The van der Waals surface area contributed by atoms with Crippen LogP contribution in [0, 0.1) is 6.92 Å². The van der Waals surface area contributed by atoms with Crippen molar-refractivity contribution in [1.82, 2.24) is 24.7 Å². The van der Waals surface area contributed by atoms with Gasteiger partial charge in [0.25, 0.3) is 0 Å². The van der Waals surface area contributed by atoms with Crippen molar-refractivity contribution in [1.29, 1.82) is 0 Å². The van der Waals surface area contributed by atoms with E-state index in [1.165, 1.54) is 0 Å². The van der Waals surface area contributed by atoms with Gasteiger partial charge in [-0.2, -0.15) is 0 Å². The molecule has 0 saturated carbocycles. The Morgan fingerprint density at radius 3 is 2.72 bits per heavy atom. The van der Waals surface area contributed by atoms with Gasteiger partial charge in [0.1, 0.15) is 6.10 Å². The van der Waals surface area contributed by atoms with Crippen molar-refractivity contribution in [3.63, 3.8) is 0 Å². The minimum atomic E-state index is -0.226. The zero-order chi connectivity index (χ0) is 17.8. The van der Waals surface area contributed by atoms with Crippen LogP contribution in [0.1, 0.15) is 31.5 Å². The molecule has 0 unspecified atom stereocenters. The Morgan fingerprint density at radius 1 is 1.28 bits per heavy atom. The zero-order valence-electron chi connectivity index (χ0n) is 15.5. The summed E-state index contributed by atoms with van der Waals surface area (Å²) < 4.78 is 5.79. The van der Waals surface area contributed by atoms with Gasteiger partial charge in [-0.3, -0.25) is 14.6 Å². The number of rotatable bonds is 4. The lowest BCUT2D eigenvalue weighted by Gasteiger charge is -2.38. The fraction of sp³-hybridized carbons (Fsp3) is 0.722. The fourth-order valence-corrected chi connectivity index (χ4v) is 3.38. The van der Waals surface area contributed by atoms with E-state index in [0.29, 0.717) is 38.1 Å². The third-order valence-electron chi connectivity index (χ3n) is 5.02. The molecule has 0 aromatic carbocycles. The van der Waals surface area contributed by atoms with Crippen LogP contribution in [-0.2, 0) is 9.53 Å². The van der Waals surface area contributed by atoms with Crippen molar-refractivity contribution in [2.75, 3.05) is 52.4 Å². The van der Waals surface area contributed by atoms with E-state index in [4.69, 9.17) is 4.74 Å². The number of piperazine rings is 1. The van der Waals surface area contributed by atoms with Crippen LogP contribution in [0.4, 0.5) is 0 Å². The summed E-state index contributed by atoms with van der Waals surface area (Å²) in [5.74, 6) is 0.849. The van der Waals surface area contributed by atoms with Gasteiger partial charge in [-0.25, -0.2) is 9.97 Å². The fourth-order valence-electron chi connectivity index (χ4n) is 3.38. The molecule has 2 aliphatic rings. The van der Waals surface area contributed by atoms with Crippen LogP contribution in [0.5, 0.6) is 0 Å². The Labute approximate surface area is 150 Å². The normalized spacial score (nSPS) is 23.2. The van der Waals surface area contributed by atoms with E-state index in [2.05, 4.69) is 33.6 Å². The first-order chi connectivity index (χ1) is 12.0. The summed E-state index contributed by atoms with van der Waals surface area (Å²) in [5.41, 5.74) is 0.917. The molecule has 25 heavy (non-hydrogen) atoms. The molecular formula is C18H29N5O2. The maximum absolute atomic E-state index is 12.7. The molecule has 1 atom stereocenters. The third-order valence-corrected chi connectivity index (χ3v) is 5.02. The van der Waals surface area contributed by atoms with Gasteiger partial charge in [0.05, 0.1) is 19.7 Å². The number of carbonyl (C=O) groups excluding carboxylic acids is 1. The van der Waals surface area contributed by atoms with Crippen molar-refractivity contribution in [3.05, 3.63) is 23.8 Å². The molecule has 1 amide bonds. The Kier molecular flexibility index (Phi) is 5.98. The molecule has 3 rings (SSSR count). The monoisotopic (exact) mass is 347 g/mol. The molecule has 3 heterocycles. The topological polar surface area (TPSA) is 61.8 Å². The second-order valence-corrected chi connectivity index (χ2v) is 7.16. The number of ether oxygens (including phenoxy) is 1. The van der Waals surface area contributed by atoms with Crippen LogP contribution in [-0.4, -0.2) is 89.0 Å². The van der Waals surface area contributed by atoms with Crippen LogP contribution in [0.3, 0.4) is 0 Å². The summed E-state index contributed by atoms with van der Waals surface area (Å²) in [6, 6.07) is 2.44. The summed E-state index contributed by atoms with van der Waals surface area (Å²) >= 11 is 0. The van der Waals surface area contributed by atoms with Crippen molar-refractivity contribution >= 4 is 5.91 Å². The van der Waals surface area contributed by atoms with E-state index >= 15 is 0 Å². The molecule has 0 spiro atoms. The van der Waals surface area contributed by atoms with Gasteiger partial charge in [-0.1, -0.05) is 0 Å². The van der Waals surface area contributed by atoms with Crippen molar-refractivity contribution in [3.8, 4) is 0 Å². The van der Waals surface area contributed by atoms with Gasteiger partial charge >= 0.3 is 0 Å². The maximum atomic E-state index is 12.7. The molecule has 2 aliphatic heterocycles. The smallest absolute Gasteiger partial charge is 0.236 e. The number of carbonyl (C=O) groups is 1. The van der Waals surface area contributed by atoms with Crippen molar-refractivity contribution in [2.45, 2.75) is 32.9 Å². The van der Waals surface area contributed by atoms with Gasteiger partial charge in [0.2, 0.25) is 5.91 Å². The number of amides is 1. The molecule has 0 radical (unpaired) electrons. The first-order valence-electron chi connectivity index (χ1n) is 9.18. The van der Waals surface area contributed by atoms with Crippen LogP contribution in [0.2, 0.25) is 0 Å². The quantitative estimate of drug-likeness (QED) is 0.799. The van der Waals surface area contributed by atoms with Crippen LogP contribution >= 0.6 is 0 Å². The Morgan fingerprint density at radius 2 is 2.04 bits per heavy atom. The standard InChI is InChI=1S/C18H29N5O2/c1-14(2)22-8-6-21(7-9-22)13-17(24)23-10-11-25-16(12-23)18-19-5-4-15(3)20-18/h4-5,14,16H,6-13H2,1-3H3/t16-/m1/s1. The van der Waals surface area contributed by atoms with Gasteiger partial charge < -0.3 is 9.64 Å². The summed E-state index contributed by atoms with van der Waals surface area (Å²) in [6.45, 7) is 12.6. The van der Waals surface area contributed by atoms with Crippen LogP contribution in [0.15, 0.2) is 12.3 Å². The largest absolute Gasteiger partial charge is 0.367 e. The van der Waals surface area contributed by atoms with Crippen molar-refractivity contribution in [2.24, 2.45) is 0 Å². The molecule has 0 bridgehead atoms. The molecular weight excluding hydrogens is 318 g/mol. The Bertz CT molecular complexity index is 587. The Balaban J connectivity index is 1.52. The van der Waals surface area contributed by atoms with E-state index in [9.17, 15) is 4.79 Å². The van der Waals surface area contributed by atoms with E-state index < -0.39 is 0 Å². The molecule has 0 aliphatic carbocycles. The minimum Gasteiger partial charge on any atom is -0.367 e. The van der Waals surface area contributed by atoms with E-state index in [0.717, 1.165) is 31.9 Å². The SMILES string of the molecule is Cc1ccnc([C@H]2CN(C(=O)CN3CCN(C(C)C)CC3)CCO2)n1.